The highest BCUT2D eigenvalue weighted by molar-refractivity contribution is 5.78. The smallest absolute Gasteiger partial charge is 0.235 e. The molecule has 1 aliphatic heterocycles. The predicted octanol–water partition coefficient (Wildman–Crippen LogP) is 3.02. The minimum atomic E-state index is -0.656. The lowest BCUT2D eigenvalue weighted by molar-refractivity contribution is 0.354. The van der Waals surface area contributed by atoms with Crippen molar-refractivity contribution >= 4 is 11.0 Å². The quantitative estimate of drug-likeness (QED) is 0.766. The predicted molar refractivity (Wildman–Crippen MR) is 94.8 cm³/mol. The van der Waals surface area contributed by atoms with Crippen molar-refractivity contribution in [1.29, 1.82) is 5.26 Å². The highest BCUT2D eigenvalue weighted by atomic mass is 16.5. The highest BCUT2D eigenvalue weighted by Crippen LogP contribution is 2.42. The number of ether oxygens (including phenoxy) is 2. The number of allylic oxidation sites excluding steroid dienone is 1. The average molecular weight is 346 g/mol. The van der Waals surface area contributed by atoms with Gasteiger partial charge in [-0.3, -0.25) is 4.79 Å². The molecule has 0 saturated heterocycles. The van der Waals surface area contributed by atoms with Crippen LogP contribution in [0.1, 0.15) is 17.2 Å². The first-order chi connectivity index (χ1) is 12.6. The van der Waals surface area contributed by atoms with Crippen LogP contribution in [-0.4, -0.2) is 7.11 Å². The van der Waals surface area contributed by atoms with Crippen LogP contribution >= 0.6 is 0 Å². The lowest BCUT2D eigenvalue weighted by Gasteiger charge is -2.25. The summed E-state index contributed by atoms with van der Waals surface area (Å²) < 4.78 is 16.7. The first-order valence-electron chi connectivity index (χ1n) is 7.91. The maximum absolute atomic E-state index is 12.8. The van der Waals surface area contributed by atoms with Crippen molar-refractivity contribution < 1.29 is 13.9 Å². The molecule has 4 rings (SSSR count). The number of rotatable bonds is 2. The third-order valence-electron chi connectivity index (χ3n) is 4.36. The molecule has 128 valence electrons. The molecular weight excluding hydrogens is 332 g/mol. The van der Waals surface area contributed by atoms with Crippen LogP contribution in [-0.2, 0) is 0 Å². The highest BCUT2D eigenvalue weighted by Gasteiger charge is 2.35. The zero-order valence-corrected chi connectivity index (χ0v) is 13.9. The molecule has 0 radical (unpaired) electrons. The molecule has 0 fully saturated rings. The molecule has 0 aliphatic carbocycles. The van der Waals surface area contributed by atoms with E-state index in [9.17, 15) is 10.1 Å². The van der Waals surface area contributed by atoms with Gasteiger partial charge in [0.05, 0.1) is 18.4 Å². The second-order valence-electron chi connectivity index (χ2n) is 5.82. The van der Waals surface area contributed by atoms with Gasteiger partial charge in [-0.2, -0.15) is 5.26 Å². The van der Waals surface area contributed by atoms with Gasteiger partial charge in [0.1, 0.15) is 23.0 Å². The Hall–Kier alpha value is -3.72. The molecule has 1 aromatic heterocycles. The molecule has 0 saturated carbocycles. The summed E-state index contributed by atoms with van der Waals surface area (Å²) in [5, 5.41) is 10.0. The van der Waals surface area contributed by atoms with Crippen LogP contribution in [0.25, 0.3) is 11.0 Å². The standard InChI is InChI=1S/C20H14N2O4/c1-24-12-6-4-5-11(9-12)16-14(10-21)20(22)26-19-17(23)13-7-2-3-8-15(13)25-18(16)19/h2-9,16H,22H2,1H3. The SMILES string of the molecule is COc1cccc(C2C(C#N)=C(N)Oc3c2oc2ccccc2c3=O)c1. The molecule has 0 spiro atoms. The number of hydrogen-bond donors (Lipinski definition) is 1. The first kappa shape index (κ1) is 15.8. The molecule has 3 aromatic rings. The molecule has 2 N–H and O–H groups in total. The molecule has 6 nitrogen and oxygen atoms in total. The number of nitrogens with zero attached hydrogens (tertiary/aromatic N) is 1. The summed E-state index contributed by atoms with van der Waals surface area (Å²) in [7, 11) is 1.56. The van der Waals surface area contributed by atoms with E-state index in [1.54, 1.807) is 49.6 Å². The minimum absolute atomic E-state index is 0.00743. The van der Waals surface area contributed by atoms with Crippen molar-refractivity contribution in [2.75, 3.05) is 7.11 Å². The molecule has 0 amide bonds. The van der Waals surface area contributed by atoms with Gasteiger partial charge in [0.25, 0.3) is 0 Å². The Kier molecular flexibility index (Phi) is 3.63. The van der Waals surface area contributed by atoms with Gasteiger partial charge in [-0.1, -0.05) is 24.3 Å². The Morgan fingerprint density at radius 3 is 2.77 bits per heavy atom. The van der Waals surface area contributed by atoms with Crippen LogP contribution in [0.4, 0.5) is 0 Å². The van der Waals surface area contributed by atoms with E-state index in [-0.39, 0.29) is 28.4 Å². The van der Waals surface area contributed by atoms with Crippen LogP contribution in [0.15, 0.2) is 69.2 Å². The maximum Gasteiger partial charge on any atom is 0.235 e. The Balaban J connectivity index is 2.04. The molecule has 6 heteroatoms. The zero-order valence-electron chi connectivity index (χ0n) is 13.9. The van der Waals surface area contributed by atoms with Crippen molar-refractivity contribution in [2.45, 2.75) is 5.92 Å². The second kappa shape index (κ2) is 5.97. The van der Waals surface area contributed by atoms with Crippen molar-refractivity contribution in [2.24, 2.45) is 5.73 Å². The Morgan fingerprint density at radius 1 is 1.19 bits per heavy atom. The minimum Gasteiger partial charge on any atom is -0.497 e. The number of hydrogen-bond acceptors (Lipinski definition) is 6. The molecule has 26 heavy (non-hydrogen) atoms. The van der Waals surface area contributed by atoms with Crippen molar-refractivity contribution in [3.63, 3.8) is 0 Å². The Bertz CT molecular complexity index is 1150. The summed E-state index contributed by atoms with van der Waals surface area (Å²) in [5.41, 5.74) is 6.94. The van der Waals surface area contributed by atoms with E-state index >= 15 is 0 Å². The molecule has 1 unspecified atom stereocenters. The van der Waals surface area contributed by atoms with Crippen molar-refractivity contribution in [3.8, 4) is 17.6 Å². The molecule has 2 aromatic carbocycles. The van der Waals surface area contributed by atoms with Gasteiger partial charge in [-0.05, 0) is 29.8 Å². The van der Waals surface area contributed by atoms with Crippen molar-refractivity contribution in [3.05, 3.63) is 81.5 Å². The van der Waals surface area contributed by atoms with Gasteiger partial charge >= 0.3 is 0 Å². The number of benzene rings is 2. The average Bonchev–Trinajstić information content (AvgIpc) is 2.68. The monoisotopic (exact) mass is 346 g/mol. The summed E-state index contributed by atoms with van der Waals surface area (Å²) in [4.78, 5) is 12.8. The van der Waals surface area contributed by atoms with Crippen LogP contribution in [0.2, 0.25) is 0 Å². The summed E-state index contributed by atoms with van der Waals surface area (Å²) in [6.45, 7) is 0. The molecular formula is C20H14N2O4. The first-order valence-corrected chi connectivity index (χ1v) is 7.91. The lowest BCUT2D eigenvalue weighted by Crippen LogP contribution is -2.25. The zero-order chi connectivity index (χ0) is 18.3. The lowest BCUT2D eigenvalue weighted by atomic mass is 9.87. The van der Waals surface area contributed by atoms with E-state index < -0.39 is 5.92 Å². The van der Waals surface area contributed by atoms with Crippen LogP contribution in [0, 0.1) is 11.3 Å². The molecule has 2 heterocycles. The van der Waals surface area contributed by atoms with Crippen LogP contribution in [0.5, 0.6) is 11.5 Å². The summed E-state index contributed by atoms with van der Waals surface area (Å²) >= 11 is 0. The number of fused-ring (bicyclic) bond motifs is 2. The fraction of sp³-hybridized carbons (Fsp3) is 0.100. The van der Waals surface area contributed by atoms with Gasteiger partial charge in [0.15, 0.2) is 5.76 Å². The number of nitriles is 1. The number of methoxy groups -OCH3 is 1. The van der Waals surface area contributed by atoms with E-state index in [1.807, 2.05) is 6.07 Å². The Labute approximate surface area is 148 Å². The Morgan fingerprint density at radius 2 is 2.00 bits per heavy atom. The topological polar surface area (TPSA) is 98.5 Å². The third-order valence-corrected chi connectivity index (χ3v) is 4.36. The third kappa shape index (κ3) is 2.30. The normalized spacial score (nSPS) is 15.9. The maximum atomic E-state index is 12.8. The van der Waals surface area contributed by atoms with E-state index in [0.717, 1.165) is 0 Å². The summed E-state index contributed by atoms with van der Waals surface area (Å²) in [6, 6.07) is 16.1. The largest absolute Gasteiger partial charge is 0.497 e. The van der Waals surface area contributed by atoms with E-state index in [2.05, 4.69) is 6.07 Å². The van der Waals surface area contributed by atoms with Gasteiger partial charge in [0.2, 0.25) is 17.1 Å². The van der Waals surface area contributed by atoms with Gasteiger partial charge in [0, 0.05) is 0 Å². The molecule has 1 aliphatic rings. The van der Waals surface area contributed by atoms with Gasteiger partial charge < -0.3 is 19.6 Å². The molecule has 1 atom stereocenters. The number of nitrogens with two attached hydrogens (primary N) is 1. The molecule has 0 bridgehead atoms. The van der Waals surface area contributed by atoms with Gasteiger partial charge in [-0.25, -0.2) is 0 Å². The van der Waals surface area contributed by atoms with Crippen molar-refractivity contribution in [1.82, 2.24) is 0 Å². The van der Waals surface area contributed by atoms with E-state index in [0.29, 0.717) is 22.3 Å². The van der Waals surface area contributed by atoms with Crippen LogP contribution < -0.4 is 20.6 Å². The number of para-hydroxylation sites is 1. The second-order valence-corrected chi connectivity index (χ2v) is 5.82. The fourth-order valence-corrected chi connectivity index (χ4v) is 3.13. The summed E-state index contributed by atoms with van der Waals surface area (Å²) in [6.07, 6.45) is 0. The summed E-state index contributed by atoms with van der Waals surface area (Å²) in [5.74, 6) is 0.127. The van der Waals surface area contributed by atoms with E-state index in [4.69, 9.17) is 19.6 Å². The van der Waals surface area contributed by atoms with Gasteiger partial charge in [-0.15, -0.1) is 0 Å². The van der Waals surface area contributed by atoms with Crippen LogP contribution in [0.3, 0.4) is 0 Å². The fourth-order valence-electron chi connectivity index (χ4n) is 3.13. The van der Waals surface area contributed by atoms with E-state index in [1.165, 1.54) is 0 Å².